The van der Waals surface area contributed by atoms with Crippen molar-refractivity contribution in [1.82, 2.24) is 5.32 Å². The maximum Gasteiger partial charge on any atom is 0.0693 e. The number of rotatable bonds is 3. The van der Waals surface area contributed by atoms with Crippen molar-refractivity contribution in [3.05, 3.63) is 0 Å². The zero-order valence-electron chi connectivity index (χ0n) is 8.71. The van der Waals surface area contributed by atoms with E-state index in [-0.39, 0.29) is 11.6 Å². The number of nitrogens with one attached hydrogen (secondary N) is 1. The number of hydrogen-bond donors (Lipinski definition) is 2. The maximum absolute atomic E-state index is 9.69. The minimum atomic E-state index is -0.0991. The lowest BCUT2D eigenvalue weighted by Gasteiger charge is -2.31. The molecule has 0 saturated heterocycles. The molecular formula is C11H21NO. The molecule has 2 N–H and O–H groups in total. The van der Waals surface area contributed by atoms with Gasteiger partial charge in [0.15, 0.2) is 0 Å². The molecule has 0 radical (unpaired) electrons. The second-order valence-electron chi connectivity index (χ2n) is 5.25. The lowest BCUT2D eigenvalue weighted by Crippen LogP contribution is -2.50. The average molecular weight is 183 g/mol. The molecule has 0 aliphatic heterocycles. The largest absolute Gasteiger partial charge is 0.392 e. The van der Waals surface area contributed by atoms with Gasteiger partial charge in [0, 0.05) is 11.6 Å². The predicted octanol–water partition coefficient (Wildman–Crippen LogP) is 1.68. The molecule has 2 saturated carbocycles. The van der Waals surface area contributed by atoms with Gasteiger partial charge in [-0.1, -0.05) is 0 Å². The molecular weight excluding hydrogens is 162 g/mol. The van der Waals surface area contributed by atoms with Gasteiger partial charge in [0.2, 0.25) is 0 Å². The van der Waals surface area contributed by atoms with E-state index in [9.17, 15) is 5.11 Å². The van der Waals surface area contributed by atoms with E-state index in [1.807, 2.05) is 0 Å². The number of hydrogen-bond acceptors (Lipinski definition) is 2. The summed E-state index contributed by atoms with van der Waals surface area (Å²) in [5, 5.41) is 13.3. The molecule has 13 heavy (non-hydrogen) atoms. The summed E-state index contributed by atoms with van der Waals surface area (Å²) in [5.41, 5.74) is 0.246. The molecule has 2 aliphatic rings. The minimum Gasteiger partial charge on any atom is -0.392 e. The Bertz CT molecular complexity index is 187. The molecule has 0 aromatic carbocycles. The normalized spacial score (nSPS) is 35.3. The topological polar surface area (TPSA) is 32.3 Å². The first-order chi connectivity index (χ1) is 6.09. The van der Waals surface area contributed by atoms with Gasteiger partial charge >= 0.3 is 0 Å². The van der Waals surface area contributed by atoms with E-state index < -0.39 is 0 Å². The Morgan fingerprint density at radius 1 is 1.15 bits per heavy atom. The summed E-state index contributed by atoms with van der Waals surface area (Å²) in [4.78, 5) is 0. The van der Waals surface area contributed by atoms with Crippen LogP contribution in [0.15, 0.2) is 0 Å². The summed E-state index contributed by atoms with van der Waals surface area (Å²) in [7, 11) is 0. The lowest BCUT2D eigenvalue weighted by atomic mass is 9.96. The Hall–Kier alpha value is -0.0800. The van der Waals surface area contributed by atoms with Crippen LogP contribution >= 0.6 is 0 Å². The van der Waals surface area contributed by atoms with Gasteiger partial charge in [0.25, 0.3) is 0 Å². The van der Waals surface area contributed by atoms with Crippen molar-refractivity contribution in [2.24, 2.45) is 5.92 Å². The molecule has 0 heterocycles. The fourth-order valence-electron chi connectivity index (χ4n) is 2.51. The number of aliphatic hydroxyl groups is 1. The van der Waals surface area contributed by atoms with E-state index in [2.05, 4.69) is 19.2 Å². The standard InChI is InChI=1S/C11H21NO/c1-11(2,8-6-7-8)12-9-4-3-5-10(9)13/h8-10,12-13H,3-7H2,1-2H3. The fourth-order valence-corrected chi connectivity index (χ4v) is 2.51. The Balaban J connectivity index is 1.88. The first kappa shape index (κ1) is 9.47. The SMILES string of the molecule is CC(C)(NC1CCCC1O)C1CC1. The average Bonchev–Trinajstić information content (AvgIpc) is 2.80. The van der Waals surface area contributed by atoms with Crippen LogP contribution in [0, 0.1) is 5.92 Å². The van der Waals surface area contributed by atoms with Crippen LogP contribution in [0.1, 0.15) is 46.0 Å². The Morgan fingerprint density at radius 2 is 1.85 bits per heavy atom. The molecule has 0 aromatic heterocycles. The van der Waals surface area contributed by atoms with Crippen molar-refractivity contribution in [1.29, 1.82) is 0 Å². The quantitative estimate of drug-likeness (QED) is 0.697. The van der Waals surface area contributed by atoms with E-state index in [1.165, 1.54) is 19.3 Å². The predicted molar refractivity (Wildman–Crippen MR) is 53.6 cm³/mol. The Labute approximate surface area is 80.7 Å². The summed E-state index contributed by atoms with van der Waals surface area (Å²) in [6.07, 6.45) is 5.94. The van der Waals surface area contributed by atoms with Crippen LogP contribution in [0.25, 0.3) is 0 Å². The first-order valence-electron chi connectivity index (χ1n) is 5.55. The zero-order valence-corrected chi connectivity index (χ0v) is 8.71. The van der Waals surface area contributed by atoms with Gasteiger partial charge in [-0.3, -0.25) is 0 Å². The summed E-state index contributed by atoms with van der Waals surface area (Å²) in [5.74, 6) is 0.847. The van der Waals surface area contributed by atoms with Crippen molar-refractivity contribution >= 4 is 0 Å². The second-order valence-corrected chi connectivity index (χ2v) is 5.25. The summed E-state index contributed by atoms with van der Waals surface area (Å²) in [6, 6.07) is 0.357. The molecule has 2 unspecified atom stereocenters. The fraction of sp³-hybridized carbons (Fsp3) is 1.00. The smallest absolute Gasteiger partial charge is 0.0693 e. The van der Waals surface area contributed by atoms with Gasteiger partial charge in [-0.25, -0.2) is 0 Å². The van der Waals surface area contributed by atoms with Gasteiger partial charge in [-0.2, -0.15) is 0 Å². The molecule has 2 fully saturated rings. The monoisotopic (exact) mass is 183 g/mol. The first-order valence-corrected chi connectivity index (χ1v) is 5.55. The molecule has 0 aromatic rings. The van der Waals surface area contributed by atoms with Crippen LogP contribution in [0.3, 0.4) is 0 Å². The van der Waals surface area contributed by atoms with Gasteiger partial charge < -0.3 is 10.4 Å². The molecule has 2 atom stereocenters. The molecule has 0 bridgehead atoms. The Kier molecular flexibility index (Phi) is 2.37. The lowest BCUT2D eigenvalue weighted by molar-refractivity contribution is 0.127. The van der Waals surface area contributed by atoms with E-state index in [0.29, 0.717) is 6.04 Å². The molecule has 2 heteroatoms. The molecule has 2 aliphatic carbocycles. The third-order valence-electron chi connectivity index (χ3n) is 3.63. The summed E-state index contributed by atoms with van der Waals surface area (Å²) in [6.45, 7) is 4.55. The third-order valence-corrected chi connectivity index (χ3v) is 3.63. The maximum atomic E-state index is 9.69. The highest BCUT2D eigenvalue weighted by Crippen LogP contribution is 2.40. The van der Waals surface area contributed by atoms with Crippen molar-refractivity contribution in [3.8, 4) is 0 Å². The van der Waals surface area contributed by atoms with E-state index in [1.54, 1.807) is 0 Å². The highest BCUT2D eigenvalue weighted by molar-refractivity contribution is 4.98. The molecule has 76 valence electrons. The zero-order chi connectivity index (χ0) is 9.47. The highest BCUT2D eigenvalue weighted by atomic mass is 16.3. The van der Waals surface area contributed by atoms with Gasteiger partial charge in [0.1, 0.15) is 0 Å². The summed E-state index contributed by atoms with van der Waals surface area (Å²) >= 11 is 0. The second kappa shape index (κ2) is 3.25. The molecule has 0 spiro atoms. The number of aliphatic hydroxyl groups excluding tert-OH is 1. The van der Waals surface area contributed by atoms with Crippen LogP contribution in [0.2, 0.25) is 0 Å². The van der Waals surface area contributed by atoms with Crippen molar-refractivity contribution in [2.45, 2.75) is 63.6 Å². The van der Waals surface area contributed by atoms with Crippen molar-refractivity contribution in [3.63, 3.8) is 0 Å². The Morgan fingerprint density at radius 3 is 2.31 bits per heavy atom. The van der Waals surface area contributed by atoms with Crippen molar-refractivity contribution < 1.29 is 5.11 Å². The summed E-state index contributed by atoms with van der Waals surface area (Å²) < 4.78 is 0. The molecule has 0 amide bonds. The van der Waals surface area contributed by atoms with Crippen LogP contribution in [0.5, 0.6) is 0 Å². The van der Waals surface area contributed by atoms with Gasteiger partial charge in [0.05, 0.1) is 6.10 Å². The highest BCUT2D eigenvalue weighted by Gasteiger charge is 2.40. The van der Waals surface area contributed by atoms with E-state index >= 15 is 0 Å². The van der Waals surface area contributed by atoms with Crippen LogP contribution in [0.4, 0.5) is 0 Å². The molecule has 2 nitrogen and oxygen atoms in total. The van der Waals surface area contributed by atoms with E-state index in [4.69, 9.17) is 0 Å². The van der Waals surface area contributed by atoms with Crippen LogP contribution < -0.4 is 5.32 Å². The van der Waals surface area contributed by atoms with Crippen LogP contribution in [-0.4, -0.2) is 22.8 Å². The van der Waals surface area contributed by atoms with E-state index in [0.717, 1.165) is 18.8 Å². The van der Waals surface area contributed by atoms with Crippen LogP contribution in [-0.2, 0) is 0 Å². The molecule has 2 rings (SSSR count). The van der Waals surface area contributed by atoms with Gasteiger partial charge in [-0.15, -0.1) is 0 Å². The van der Waals surface area contributed by atoms with Gasteiger partial charge in [-0.05, 0) is 51.9 Å². The minimum absolute atomic E-state index is 0.0991. The third kappa shape index (κ3) is 2.05. The van der Waals surface area contributed by atoms with Crippen molar-refractivity contribution in [2.75, 3.05) is 0 Å².